The van der Waals surface area contributed by atoms with Gasteiger partial charge in [-0.1, -0.05) is 103 Å². The van der Waals surface area contributed by atoms with Crippen molar-refractivity contribution in [2.24, 2.45) is 0 Å². The normalized spacial score (nSPS) is 12.3. The fourth-order valence-electron chi connectivity index (χ4n) is 8.68. The Labute approximate surface area is 303 Å². The lowest BCUT2D eigenvalue weighted by atomic mass is 9.94. The summed E-state index contributed by atoms with van der Waals surface area (Å²) in [6.45, 7) is 0. The zero-order valence-electron chi connectivity index (χ0n) is 28.4. The van der Waals surface area contributed by atoms with E-state index in [1.165, 1.54) is 54.5 Å². The third-order valence-corrected chi connectivity index (χ3v) is 10.9. The van der Waals surface area contributed by atoms with Crippen LogP contribution in [0.25, 0.3) is 99.3 Å². The van der Waals surface area contributed by atoms with Crippen LogP contribution in [-0.4, -0.2) is 19.1 Å². The Hall–Kier alpha value is -7.24. The molecule has 3 aromatic heterocycles. The number of para-hydroxylation sites is 4. The largest absolute Gasteiger partial charge is 0.456 e. The third kappa shape index (κ3) is 3.96. The zero-order valence-corrected chi connectivity index (χ0v) is 28.4. The Balaban J connectivity index is 1.10. The first-order chi connectivity index (χ1) is 26.3. The van der Waals surface area contributed by atoms with Crippen LogP contribution in [0.2, 0.25) is 0 Å². The van der Waals surface area contributed by atoms with Crippen molar-refractivity contribution in [1.82, 2.24) is 19.1 Å². The van der Waals surface area contributed by atoms with Crippen LogP contribution in [0.3, 0.4) is 0 Å². The van der Waals surface area contributed by atoms with Gasteiger partial charge in [-0.3, -0.25) is 4.57 Å². The summed E-state index contributed by atoms with van der Waals surface area (Å²) >= 11 is 0. The molecule has 0 bridgehead atoms. The van der Waals surface area contributed by atoms with Crippen LogP contribution in [0, 0.1) is 0 Å². The lowest BCUT2D eigenvalue weighted by Crippen LogP contribution is -2.06. The van der Waals surface area contributed by atoms with Crippen molar-refractivity contribution < 1.29 is 4.74 Å². The molecule has 5 heteroatoms. The molecule has 1 aliphatic heterocycles. The molecule has 0 atom stereocenters. The average Bonchev–Trinajstić information content (AvgIpc) is 3.74. The summed E-state index contributed by atoms with van der Waals surface area (Å²) < 4.78 is 10.9. The Morgan fingerprint density at radius 2 is 1.08 bits per heavy atom. The van der Waals surface area contributed by atoms with E-state index in [4.69, 9.17) is 14.7 Å². The highest BCUT2D eigenvalue weighted by atomic mass is 16.5. The molecule has 0 saturated heterocycles. The molecule has 53 heavy (non-hydrogen) atoms. The van der Waals surface area contributed by atoms with E-state index in [1.54, 1.807) is 0 Å². The van der Waals surface area contributed by atoms with Gasteiger partial charge in [-0.15, -0.1) is 0 Å². The zero-order chi connectivity index (χ0) is 34.6. The summed E-state index contributed by atoms with van der Waals surface area (Å²) in [6, 6.07) is 60.2. The molecule has 0 N–H and O–H groups in total. The second-order valence-corrected chi connectivity index (χ2v) is 13.8. The van der Waals surface area contributed by atoms with Crippen molar-refractivity contribution in [2.75, 3.05) is 0 Å². The molecule has 0 amide bonds. The van der Waals surface area contributed by atoms with E-state index in [2.05, 4.69) is 149 Å². The predicted molar refractivity (Wildman–Crippen MR) is 217 cm³/mol. The molecule has 0 radical (unpaired) electrons. The Kier molecular flexibility index (Phi) is 5.71. The van der Waals surface area contributed by atoms with Crippen LogP contribution < -0.4 is 4.74 Å². The van der Waals surface area contributed by atoms with E-state index in [1.807, 2.05) is 30.3 Å². The molecule has 1 aliphatic rings. The molecule has 0 fully saturated rings. The molecule has 5 nitrogen and oxygen atoms in total. The summed E-state index contributed by atoms with van der Waals surface area (Å²) in [5.41, 5.74) is 10.8. The van der Waals surface area contributed by atoms with Gasteiger partial charge < -0.3 is 9.30 Å². The predicted octanol–water partition coefficient (Wildman–Crippen LogP) is 12.4. The van der Waals surface area contributed by atoms with Gasteiger partial charge in [-0.25, -0.2) is 9.97 Å². The SMILES string of the molecule is c1ccc(-n2c3ccccc3c3cc(-c4cccc5c4ccc4c5c5ccccc5n4-c4nc5c6c(cccc6n4)Oc4ccccc4-5)ccc32)cc1. The highest BCUT2D eigenvalue weighted by molar-refractivity contribution is 6.23. The molecule has 11 aromatic rings. The number of hydrogen-bond acceptors (Lipinski definition) is 3. The highest BCUT2D eigenvalue weighted by Crippen LogP contribution is 2.46. The minimum Gasteiger partial charge on any atom is -0.456 e. The number of ether oxygens (including phenoxy) is 1. The molecule has 0 unspecified atom stereocenters. The van der Waals surface area contributed by atoms with Crippen LogP contribution in [0.15, 0.2) is 170 Å². The van der Waals surface area contributed by atoms with Crippen molar-refractivity contribution >= 4 is 65.3 Å². The second kappa shape index (κ2) is 10.6. The van der Waals surface area contributed by atoms with Crippen LogP contribution in [0.4, 0.5) is 0 Å². The maximum absolute atomic E-state index is 6.29. The minimum atomic E-state index is 0.642. The molecule has 246 valence electrons. The Morgan fingerprint density at radius 3 is 1.98 bits per heavy atom. The topological polar surface area (TPSA) is 44.9 Å². The van der Waals surface area contributed by atoms with E-state index in [0.717, 1.165) is 50.4 Å². The monoisotopic (exact) mass is 676 g/mol. The molecule has 0 aliphatic carbocycles. The number of nitrogens with zero attached hydrogens (tertiary/aromatic N) is 4. The quantitative estimate of drug-likeness (QED) is 0.187. The second-order valence-electron chi connectivity index (χ2n) is 13.8. The fraction of sp³-hybridized carbons (Fsp3) is 0. The van der Waals surface area contributed by atoms with Crippen LogP contribution in [-0.2, 0) is 0 Å². The molecular formula is C48H28N4O. The van der Waals surface area contributed by atoms with E-state index in [0.29, 0.717) is 5.95 Å². The van der Waals surface area contributed by atoms with Crippen LogP contribution in [0.5, 0.6) is 11.5 Å². The number of benzene rings is 8. The lowest BCUT2D eigenvalue weighted by Gasteiger charge is -2.21. The van der Waals surface area contributed by atoms with Gasteiger partial charge in [0.25, 0.3) is 0 Å². The summed E-state index contributed by atoms with van der Waals surface area (Å²) in [6.07, 6.45) is 0. The van der Waals surface area contributed by atoms with Crippen molar-refractivity contribution in [3.05, 3.63) is 170 Å². The summed E-state index contributed by atoms with van der Waals surface area (Å²) in [4.78, 5) is 10.5. The first kappa shape index (κ1) is 28.5. The van der Waals surface area contributed by atoms with Crippen molar-refractivity contribution in [2.45, 2.75) is 0 Å². The molecule has 0 saturated carbocycles. The highest BCUT2D eigenvalue weighted by Gasteiger charge is 2.25. The van der Waals surface area contributed by atoms with E-state index >= 15 is 0 Å². The smallest absolute Gasteiger partial charge is 0.235 e. The molecule has 8 aromatic carbocycles. The van der Waals surface area contributed by atoms with Gasteiger partial charge in [0.1, 0.15) is 11.5 Å². The first-order valence-electron chi connectivity index (χ1n) is 17.9. The van der Waals surface area contributed by atoms with E-state index in [-0.39, 0.29) is 0 Å². The van der Waals surface area contributed by atoms with Crippen LogP contribution >= 0.6 is 0 Å². The van der Waals surface area contributed by atoms with Crippen molar-refractivity contribution in [3.8, 4) is 45.5 Å². The molecule has 12 rings (SSSR count). The third-order valence-electron chi connectivity index (χ3n) is 10.9. The van der Waals surface area contributed by atoms with Gasteiger partial charge >= 0.3 is 0 Å². The molecule has 4 heterocycles. The maximum Gasteiger partial charge on any atom is 0.235 e. The molecule has 0 spiro atoms. The standard InChI is InChI=1S/C48H28N4O/c1-2-12-30(13-3-1)51-39-20-7-4-14-33(39)37-28-29(24-26-41(37)51)31-17-10-18-34-32(31)25-27-42-45(34)35-15-5-8-21-40(35)52(42)48-49-38-19-11-23-44-46(38)47(50-48)36-16-6-9-22-43(36)53-44/h1-28H. The van der Waals surface area contributed by atoms with Gasteiger partial charge in [0.2, 0.25) is 5.95 Å². The van der Waals surface area contributed by atoms with Gasteiger partial charge in [-0.2, -0.15) is 0 Å². The summed E-state index contributed by atoms with van der Waals surface area (Å²) in [7, 11) is 0. The van der Waals surface area contributed by atoms with Crippen molar-refractivity contribution in [3.63, 3.8) is 0 Å². The number of aromatic nitrogens is 4. The van der Waals surface area contributed by atoms with Gasteiger partial charge in [-0.05, 0) is 88.6 Å². The lowest BCUT2D eigenvalue weighted by molar-refractivity contribution is 0.486. The van der Waals surface area contributed by atoms with Crippen LogP contribution in [0.1, 0.15) is 0 Å². The Morgan fingerprint density at radius 1 is 0.396 bits per heavy atom. The fourth-order valence-corrected chi connectivity index (χ4v) is 8.68. The maximum atomic E-state index is 6.29. The Bertz CT molecular complexity index is 3320. The summed E-state index contributed by atoms with van der Waals surface area (Å²) in [5, 5.41) is 8.19. The van der Waals surface area contributed by atoms with Gasteiger partial charge in [0.05, 0.1) is 38.7 Å². The van der Waals surface area contributed by atoms with Crippen molar-refractivity contribution in [1.29, 1.82) is 0 Å². The minimum absolute atomic E-state index is 0.642. The summed E-state index contributed by atoms with van der Waals surface area (Å²) in [5.74, 6) is 2.23. The van der Waals surface area contributed by atoms with E-state index < -0.39 is 0 Å². The van der Waals surface area contributed by atoms with E-state index in [9.17, 15) is 0 Å². The number of rotatable bonds is 3. The average molecular weight is 677 g/mol. The number of fused-ring (bicyclic) bond motifs is 10. The number of hydrogen-bond donors (Lipinski definition) is 0. The first-order valence-corrected chi connectivity index (χ1v) is 17.9. The molecular weight excluding hydrogens is 649 g/mol. The van der Waals surface area contributed by atoms with Gasteiger partial charge in [0.15, 0.2) is 0 Å². The van der Waals surface area contributed by atoms with Gasteiger partial charge in [0, 0.05) is 32.8 Å².